The van der Waals surface area contributed by atoms with Gasteiger partial charge >= 0.3 is 0 Å². The Balaban J connectivity index is 3.51. The van der Waals surface area contributed by atoms with Crippen LogP contribution in [0.2, 0.25) is 0 Å². The minimum Gasteiger partial charge on any atom is -0.394 e. The standard InChI is InChI=1S/C66H127NO4/c1-3-5-7-9-11-13-15-17-19-21-23-25-26-27-28-29-30-31-32-33-34-35-36-37-38-40-41-43-45-47-49-51-53-55-57-59-63(69)61-66(71)67-64(62-68)65(70)60-58-56-54-52-50-48-46-44-42-39-24-22-20-18-16-14-12-10-8-6-4-2/h31-32,50,52,58,60,63-65,68-70H,3-30,33-49,51,53-57,59,61-62H2,1-2H3,(H,67,71)/b32-31-,52-50+,60-58+. The van der Waals surface area contributed by atoms with Gasteiger partial charge in [0.15, 0.2) is 0 Å². The number of amides is 1. The molecule has 3 unspecified atom stereocenters. The monoisotopic (exact) mass is 998 g/mol. The number of aliphatic hydroxyl groups is 3. The summed E-state index contributed by atoms with van der Waals surface area (Å²) >= 11 is 0. The average molecular weight is 999 g/mol. The van der Waals surface area contributed by atoms with Crippen LogP contribution in [0.3, 0.4) is 0 Å². The Labute approximate surface area is 444 Å². The van der Waals surface area contributed by atoms with Gasteiger partial charge in [0.25, 0.3) is 0 Å². The molecule has 0 rings (SSSR count). The molecule has 4 N–H and O–H groups in total. The van der Waals surface area contributed by atoms with Crippen LogP contribution in [0.5, 0.6) is 0 Å². The average Bonchev–Trinajstić information content (AvgIpc) is 3.37. The minimum absolute atomic E-state index is 0.00829. The van der Waals surface area contributed by atoms with E-state index in [9.17, 15) is 20.1 Å². The molecule has 5 heteroatoms. The van der Waals surface area contributed by atoms with E-state index >= 15 is 0 Å². The molecule has 0 aliphatic rings. The van der Waals surface area contributed by atoms with E-state index in [-0.39, 0.29) is 18.9 Å². The highest BCUT2D eigenvalue weighted by Gasteiger charge is 2.20. The molecule has 3 atom stereocenters. The van der Waals surface area contributed by atoms with Crippen molar-refractivity contribution in [2.24, 2.45) is 0 Å². The highest BCUT2D eigenvalue weighted by molar-refractivity contribution is 5.76. The van der Waals surface area contributed by atoms with Crippen LogP contribution in [-0.4, -0.2) is 46.1 Å². The maximum Gasteiger partial charge on any atom is 0.222 e. The predicted molar refractivity (Wildman–Crippen MR) is 314 cm³/mol. The molecule has 0 aromatic rings. The number of nitrogens with one attached hydrogen (secondary N) is 1. The minimum atomic E-state index is -0.952. The van der Waals surface area contributed by atoms with E-state index in [1.807, 2.05) is 6.08 Å². The van der Waals surface area contributed by atoms with E-state index in [1.165, 1.54) is 295 Å². The molecule has 0 saturated heterocycles. The van der Waals surface area contributed by atoms with E-state index in [2.05, 4.69) is 43.5 Å². The Morgan fingerprint density at radius 3 is 0.901 bits per heavy atom. The van der Waals surface area contributed by atoms with Gasteiger partial charge in [0.2, 0.25) is 5.91 Å². The molecular weight excluding hydrogens is 871 g/mol. The van der Waals surface area contributed by atoms with Crippen molar-refractivity contribution in [2.75, 3.05) is 6.61 Å². The molecule has 71 heavy (non-hydrogen) atoms. The largest absolute Gasteiger partial charge is 0.394 e. The maximum absolute atomic E-state index is 12.5. The van der Waals surface area contributed by atoms with Gasteiger partial charge in [-0.2, -0.15) is 0 Å². The molecule has 0 radical (unpaired) electrons. The molecule has 5 nitrogen and oxygen atoms in total. The van der Waals surface area contributed by atoms with Crippen LogP contribution in [0, 0.1) is 0 Å². The summed E-state index contributed by atoms with van der Waals surface area (Å²) in [6, 6.07) is -0.762. The SMILES string of the molecule is CCCCCCCCCCCCCCCCC/C=C/CC/C=C/C(O)C(CO)NC(=O)CC(O)CCCCCCCCCCCCCCCCC/C=C\CCCCCCCCCCCCCCCCCC. The first kappa shape index (κ1) is 69.6. The zero-order valence-corrected chi connectivity index (χ0v) is 48.1. The van der Waals surface area contributed by atoms with Gasteiger partial charge < -0.3 is 20.6 Å². The van der Waals surface area contributed by atoms with Crippen LogP contribution in [0.15, 0.2) is 36.5 Å². The second kappa shape index (κ2) is 61.1. The van der Waals surface area contributed by atoms with Gasteiger partial charge in [-0.05, 0) is 57.8 Å². The quantitative estimate of drug-likeness (QED) is 0.0361. The van der Waals surface area contributed by atoms with Crippen molar-refractivity contribution in [3.05, 3.63) is 36.5 Å². The Hall–Kier alpha value is -1.43. The molecule has 0 aromatic heterocycles. The molecule has 0 bridgehead atoms. The first-order valence-electron chi connectivity index (χ1n) is 32.3. The van der Waals surface area contributed by atoms with Gasteiger partial charge in [0.05, 0.1) is 31.3 Å². The lowest BCUT2D eigenvalue weighted by Gasteiger charge is -2.21. The number of hydrogen-bond acceptors (Lipinski definition) is 4. The molecule has 0 aliphatic carbocycles. The third-order valence-corrected chi connectivity index (χ3v) is 15.1. The van der Waals surface area contributed by atoms with Crippen molar-refractivity contribution >= 4 is 5.91 Å². The Morgan fingerprint density at radius 2 is 0.606 bits per heavy atom. The maximum atomic E-state index is 12.5. The van der Waals surface area contributed by atoms with E-state index in [4.69, 9.17) is 0 Å². The van der Waals surface area contributed by atoms with Crippen molar-refractivity contribution in [2.45, 2.75) is 372 Å². The van der Waals surface area contributed by atoms with Crippen LogP contribution in [0.4, 0.5) is 0 Å². The smallest absolute Gasteiger partial charge is 0.222 e. The molecule has 420 valence electrons. The van der Waals surface area contributed by atoms with Gasteiger partial charge in [0.1, 0.15) is 0 Å². The fourth-order valence-corrected chi connectivity index (χ4v) is 10.2. The van der Waals surface area contributed by atoms with Gasteiger partial charge in [0, 0.05) is 0 Å². The normalized spacial score (nSPS) is 13.4. The molecule has 0 aromatic carbocycles. The number of aliphatic hydroxyl groups excluding tert-OH is 3. The second-order valence-corrected chi connectivity index (χ2v) is 22.4. The lowest BCUT2D eigenvalue weighted by molar-refractivity contribution is -0.124. The Morgan fingerprint density at radius 1 is 0.352 bits per heavy atom. The molecule has 0 aliphatic heterocycles. The second-order valence-electron chi connectivity index (χ2n) is 22.4. The molecule has 1 amide bonds. The first-order valence-corrected chi connectivity index (χ1v) is 32.3. The number of carbonyl (C=O) groups excluding carboxylic acids is 1. The van der Waals surface area contributed by atoms with E-state index < -0.39 is 18.2 Å². The summed E-state index contributed by atoms with van der Waals surface area (Å²) in [6.45, 7) is 4.25. The molecule has 0 saturated carbocycles. The van der Waals surface area contributed by atoms with Gasteiger partial charge in [-0.1, -0.05) is 326 Å². The number of unbranched alkanes of at least 4 members (excludes halogenated alkanes) is 47. The van der Waals surface area contributed by atoms with Crippen molar-refractivity contribution < 1.29 is 20.1 Å². The lowest BCUT2D eigenvalue weighted by Crippen LogP contribution is -2.45. The van der Waals surface area contributed by atoms with Crippen molar-refractivity contribution in [1.82, 2.24) is 5.32 Å². The summed E-state index contributed by atoms with van der Waals surface area (Å²) in [5, 5.41) is 33.5. The highest BCUT2D eigenvalue weighted by Crippen LogP contribution is 2.18. The van der Waals surface area contributed by atoms with Crippen molar-refractivity contribution in [1.29, 1.82) is 0 Å². The fraction of sp³-hybridized carbons (Fsp3) is 0.894. The number of hydrogen-bond donors (Lipinski definition) is 4. The topological polar surface area (TPSA) is 89.8 Å². The summed E-state index contributed by atoms with van der Waals surface area (Å²) in [6.07, 6.45) is 80.9. The fourth-order valence-electron chi connectivity index (χ4n) is 10.2. The van der Waals surface area contributed by atoms with Crippen LogP contribution in [0.25, 0.3) is 0 Å². The molecule has 0 fully saturated rings. The van der Waals surface area contributed by atoms with Gasteiger partial charge in [-0.3, -0.25) is 4.79 Å². The third-order valence-electron chi connectivity index (χ3n) is 15.1. The van der Waals surface area contributed by atoms with E-state index in [0.29, 0.717) is 6.42 Å². The Bertz CT molecular complexity index is 1100. The lowest BCUT2D eigenvalue weighted by atomic mass is 10.0. The summed E-state index contributed by atoms with van der Waals surface area (Å²) in [7, 11) is 0. The van der Waals surface area contributed by atoms with Gasteiger partial charge in [-0.15, -0.1) is 0 Å². The van der Waals surface area contributed by atoms with Crippen molar-refractivity contribution in [3.8, 4) is 0 Å². The van der Waals surface area contributed by atoms with Crippen LogP contribution in [0.1, 0.15) is 354 Å². The number of rotatable bonds is 60. The summed E-state index contributed by atoms with van der Waals surface area (Å²) in [5.41, 5.74) is 0. The van der Waals surface area contributed by atoms with Crippen LogP contribution < -0.4 is 5.32 Å². The zero-order chi connectivity index (χ0) is 51.4. The first-order chi connectivity index (χ1) is 35.0. The van der Waals surface area contributed by atoms with Crippen LogP contribution in [-0.2, 0) is 4.79 Å². The van der Waals surface area contributed by atoms with E-state index in [1.54, 1.807) is 6.08 Å². The number of allylic oxidation sites excluding steroid dienone is 5. The Kier molecular flexibility index (Phi) is 59.9. The summed E-state index contributed by atoms with van der Waals surface area (Å²) in [5.74, 6) is -0.320. The molecule has 0 heterocycles. The molecular formula is C66H127NO4. The highest BCUT2D eigenvalue weighted by atomic mass is 16.3. The summed E-state index contributed by atoms with van der Waals surface area (Å²) < 4.78 is 0. The molecule has 0 spiro atoms. The zero-order valence-electron chi connectivity index (χ0n) is 48.1. The van der Waals surface area contributed by atoms with E-state index in [0.717, 1.165) is 32.1 Å². The van der Waals surface area contributed by atoms with Crippen LogP contribution >= 0.6 is 0 Å². The number of carbonyl (C=O) groups is 1. The third kappa shape index (κ3) is 57.7. The summed E-state index contributed by atoms with van der Waals surface area (Å²) in [4.78, 5) is 12.5. The van der Waals surface area contributed by atoms with Gasteiger partial charge in [-0.25, -0.2) is 0 Å². The van der Waals surface area contributed by atoms with Crippen molar-refractivity contribution in [3.63, 3.8) is 0 Å². The predicted octanol–water partition coefficient (Wildman–Crippen LogP) is 20.6.